The largest absolute Gasteiger partial charge is 0.404 e. The van der Waals surface area contributed by atoms with Crippen molar-refractivity contribution in [3.05, 3.63) is 29.9 Å². The molecule has 1 unspecified atom stereocenters. The second kappa shape index (κ2) is 4.80. The van der Waals surface area contributed by atoms with Crippen molar-refractivity contribution in [2.45, 2.75) is 24.9 Å². The normalized spacial score (nSPS) is 22.7. The second-order valence-corrected chi connectivity index (χ2v) is 5.12. The first-order chi connectivity index (χ1) is 9.94. The quantitative estimate of drug-likeness (QED) is 0.921. The second-order valence-electron chi connectivity index (χ2n) is 5.12. The molecule has 21 heavy (non-hydrogen) atoms. The van der Waals surface area contributed by atoms with Crippen LogP contribution >= 0.6 is 0 Å². The molecule has 0 spiro atoms. The number of nitrogens with one attached hydrogen (secondary N) is 1. The smallest absolute Gasteiger partial charge is 0.338 e. The minimum Gasteiger partial charge on any atom is -0.338 e. The lowest BCUT2D eigenvalue weighted by atomic mass is 9.86. The number of aryl methyl sites for hydroxylation is 1. The van der Waals surface area contributed by atoms with Crippen LogP contribution in [0.15, 0.2) is 23.0 Å². The number of hydrogen-bond donors (Lipinski definition) is 1. The van der Waals surface area contributed by atoms with Crippen LogP contribution in [0.3, 0.4) is 0 Å². The molecular formula is C13H13F3N4O. The molecule has 5 nitrogen and oxygen atoms in total. The summed E-state index contributed by atoms with van der Waals surface area (Å²) in [5.74, 6) is -0.260. The van der Waals surface area contributed by atoms with Crippen molar-refractivity contribution >= 4 is 0 Å². The van der Waals surface area contributed by atoms with Crippen molar-refractivity contribution < 1.29 is 17.7 Å². The Kier molecular flexibility index (Phi) is 3.20. The molecule has 1 fully saturated rings. The van der Waals surface area contributed by atoms with E-state index in [1.54, 1.807) is 12.3 Å². The van der Waals surface area contributed by atoms with E-state index < -0.39 is 17.5 Å². The van der Waals surface area contributed by atoms with Crippen LogP contribution in [0.5, 0.6) is 0 Å². The van der Waals surface area contributed by atoms with E-state index in [2.05, 4.69) is 20.4 Å². The molecule has 2 aromatic rings. The van der Waals surface area contributed by atoms with Gasteiger partial charge in [-0.2, -0.15) is 18.2 Å². The van der Waals surface area contributed by atoms with E-state index >= 15 is 0 Å². The van der Waals surface area contributed by atoms with Gasteiger partial charge in [0.2, 0.25) is 11.7 Å². The van der Waals surface area contributed by atoms with Gasteiger partial charge in [-0.05, 0) is 31.5 Å². The lowest BCUT2D eigenvalue weighted by Gasteiger charge is -2.26. The maximum absolute atomic E-state index is 13.4. The lowest BCUT2D eigenvalue weighted by molar-refractivity contribution is -0.191. The maximum atomic E-state index is 13.4. The third kappa shape index (κ3) is 2.19. The summed E-state index contributed by atoms with van der Waals surface area (Å²) in [5.41, 5.74) is -0.715. The van der Waals surface area contributed by atoms with Gasteiger partial charge in [0.25, 0.3) is 0 Å². The first-order valence-electron chi connectivity index (χ1n) is 6.47. The lowest BCUT2D eigenvalue weighted by Crippen LogP contribution is -2.44. The van der Waals surface area contributed by atoms with Gasteiger partial charge in [0.15, 0.2) is 5.41 Å². The molecule has 0 bridgehead atoms. The first kappa shape index (κ1) is 14.0. The summed E-state index contributed by atoms with van der Waals surface area (Å²) in [7, 11) is 0. The van der Waals surface area contributed by atoms with E-state index in [-0.39, 0.29) is 25.3 Å². The topological polar surface area (TPSA) is 63.8 Å². The minimum atomic E-state index is -4.44. The highest BCUT2D eigenvalue weighted by Gasteiger charge is 2.61. The Morgan fingerprint density at radius 2 is 2.19 bits per heavy atom. The maximum Gasteiger partial charge on any atom is 0.404 e. The number of nitrogens with zero attached hydrogens (tertiary/aromatic N) is 3. The SMILES string of the molecule is Cc1ccncc1-c1noc(C2(C(F)(F)F)CCNC2)n1. The van der Waals surface area contributed by atoms with Gasteiger partial charge in [-0.25, -0.2) is 0 Å². The Bertz CT molecular complexity index is 647. The average Bonchev–Trinajstić information content (AvgIpc) is 3.08. The molecule has 0 aromatic carbocycles. The molecule has 0 radical (unpaired) electrons. The molecule has 1 saturated heterocycles. The summed E-state index contributed by atoms with van der Waals surface area (Å²) in [6.45, 7) is 1.83. The Morgan fingerprint density at radius 1 is 1.38 bits per heavy atom. The molecule has 1 N–H and O–H groups in total. The van der Waals surface area contributed by atoms with Crippen molar-refractivity contribution in [1.82, 2.24) is 20.4 Å². The van der Waals surface area contributed by atoms with Crippen LogP contribution in [0.2, 0.25) is 0 Å². The van der Waals surface area contributed by atoms with E-state index in [4.69, 9.17) is 4.52 Å². The predicted octanol–water partition coefficient (Wildman–Crippen LogP) is 2.23. The van der Waals surface area contributed by atoms with Crippen molar-refractivity contribution in [3.63, 3.8) is 0 Å². The zero-order chi connectivity index (χ0) is 15.1. The van der Waals surface area contributed by atoms with Crippen LogP contribution in [0.4, 0.5) is 13.2 Å². The standard InChI is InChI=1S/C13H13F3N4O/c1-8-2-4-17-6-9(8)10-19-11(21-20-10)12(13(14,15)16)3-5-18-7-12/h2,4,6,18H,3,5,7H2,1H3. The van der Waals surface area contributed by atoms with Crippen molar-refractivity contribution in [2.75, 3.05) is 13.1 Å². The van der Waals surface area contributed by atoms with Crippen molar-refractivity contribution in [1.29, 1.82) is 0 Å². The van der Waals surface area contributed by atoms with Gasteiger partial charge in [-0.15, -0.1) is 0 Å². The molecule has 1 atom stereocenters. The number of pyridine rings is 1. The third-order valence-corrected chi connectivity index (χ3v) is 3.81. The zero-order valence-corrected chi connectivity index (χ0v) is 11.2. The van der Waals surface area contributed by atoms with Gasteiger partial charge in [0.05, 0.1) is 0 Å². The van der Waals surface area contributed by atoms with Gasteiger partial charge < -0.3 is 9.84 Å². The van der Waals surface area contributed by atoms with Crippen LogP contribution in [-0.4, -0.2) is 34.4 Å². The summed E-state index contributed by atoms with van der Waals surface area (Å²) in [6.07, 6.45) is -1.44. The van der Waals surface area contributed by atoms with E-state index in [1.165, 1.54) is 6.20 Å². The molecule has 0 saturated carbocycles. The molecule has 1 aliphatic heterocycles. The highest BCUT2D eigenvalue weighted by Crippen LogP contribution is 2.45. The Balaban J connectivity index is 2.04. The molecule has 0 amide bonds. The third-order valence-electron chi connectivity index (χ3n) is 3.81. The number of halogens is 3. The molecule has 0 aliphatic carbocycles. The van der Waals surface area contributed by atoms with Crippen LogP contribution in [-0.2, 0) is 5.41 Å². The van der Waals surface area contributed by atoms with Crippen LogP contribution in [0.25, 0.3) is 11.4 Å². The van der Waals surface area contributed by atoms with Gasteiger partial charge in [-0.1, -0.05) is 5.16 Å². The van der Waals surface area contributed by atoms with Crippen LogP contribution in [0.1, 0.15) is 17.9 Å². The number of hydrogen-bond acceptors (Lipinski definition) is 5. The van der Waals surface area contributed by atoms with Crippen molar-refractivity contribution in [3.8, 4) is 11.4 Å². The monoisotopic (exact) mass is 298 g/mol. The fraction of sp³-hybridized carbons (Fsp3) is 0.462. The number of alkyl halides is 3. The summed E-state index contributed by atoms with van der Waals surface area (Å²) < 4.78 is 45.2. The van der Waals surface area contributed by atoms with Gasteiger partial charge in [0.1, 0.15) is 0 Å². The first-order valence-corrected chi connectivity index (χ1v) is 6.47. The number of rotatable bonds is 2. The zero-order valence-electron chi connectivity index (χ0n) is 11.2. The highest BCUT2D eigenvalue weighted by molar-refractivity contribution is 5.57. The Hall–Kier alpha value is -1.96. The number of aromatic nitrogens is 3. The van der Waals surface area contributed by atoms with Crippen LogP contribution < -0.4 is 5.32 Å². The average molecular weight is 298 g/mol. The molecule has 112 valence electrons. The van der Waals surface area contributed by atoms with E-state index in [0.717, 1.165) is 5.56 Å². The molecule has 3 heterocycles. The van der Waals surface area contributed by atoms with Crippen molar-refractivity contribution in [2.24, 2.45) is 0 Å². The van der Waals surface area contributed by atoms with E-state index in [0.29, 0.717) is 5.56 Å². The fourth-order valence-electron chi connectivity index (χ4n) is 2.46. The highest BCUT2D eigenvalue weighted by atomic mass is 19.4. The molecular weight excluding hydrogens is 285 g/mol. The summed E-state index contributed by atoms with van der Waals surface area (Å²) in [6, 6.07) is 1.74. The van der Waals surface area contributed by atoms with E-state index in [1.807, 2.05) is 6.92 Å². The predicted molar refractivity (Wildman–Crippen MR) is 67.5 cm³/mol. The molecule has 8 heteroatoms. The summed E-state index contributed by atoms with van der Waals surface area (Å²) in [4.78, 5) is 7.92. The van der Waals surface area contributed by atoms with Gasteiger partial charge in [-0.3, -0.25) is 4.98 Å². The summed E-state index contributed by atoms with van der Waals surface area (Å²) in [5, 5.41) is 6.41. The molecule has 1 aliphatic rings. The molecule has 2 aromatic heterocycles. The Morgan fingerprint density at radius 3 is 2.81 bits per heavy atom. The Labute approximate surface area is 118 Å². The van der Waals surface area contributed by atoms with Gasteiger partial charge in [0, 0.05) is 24.5 Å². The fourth-order valence-corrected chi connectivity index (χ4v) is 2.46. The van der Waals surface area contributed by atoms with E-state index in [9.17, 15) is 13.2 Å². The minimum absolute atomic E-state index is 0.107. The van der Waals surface area contributed by atoms with Gasteiger partial charge >= 0.3 is 6.18 Å². The molecule has 3 rings (SSSR count). The summed E-state index contributed by atoms with van der Waals surface area (Å²) >= 11 is 0. The van der Waals surface area contributed by atoms with Crippen LogP contribution in [0, 0.1) is 6.92 Å².